The zero-order chi connectivity index (χ0) is 12.0. The second-order valence-corrected chi connectivity index (χ2v) is 3.03. The van der Waals surface area contributed by atoms with Crippen molar-refractivity contribution in [3.63, 3.8) is 0 Å². The smallest absolute Gasteiger partial charge is 0.356 e. The van der Waals surface area contributed by atoms with Crippen LogP contribution in [-0.2, 0) is 9.47 Å². The standard InChI is InChI=1S/C10H11ClN2O3/c1-3-16-5-4-7-6-8(9(14)15-2)13-10(11)12-7/h4-6H,3H2,1-2H3. The van der Waals surface area contributed by atoms with Gasteiger partial charge in [0.25, 0.3) is 0 Å². The molecule has 0 aliphatic rings. The third kappa shape index (κ3) is 3.51. The average Bonchev–Trinajstić information content (AvgIpc) is 2.27. The van der Waals surface area contributed by atoms with Gasteiger partial charge in [-0.1, -0.05) is 0 Å². The van der Waals surface area contributed by atoms with Crippen molar-refractivity contribution in [2.24, 2.45) is 0 Å². The number of rotatable bonds is 4. The van der Waals surface area contributed by atoms with Crippen LogP contribution in [0.25, 0.3) is 6.08 Å². The van der Waals surface area contributed by atoms with Gasteiger partial charge < -0.3 is 9.47 Å². The molecule has 1 aromatic rings. The monoisotopic (exact) mass is 242 g/mol. The second kappa shape index (κ2) is 6.07. The Morgan fingerprint density at radius 1 is 1.56 bits per heavy atom. The second-order valence-electron chi connectivity index (χ2n) is 2.70. The van der Waals surface area contributed by atoms with E-state index in [0.717, 1.165) is 0 Å². The van der Waals surface area contributed by atoms with Gasteiger partial charge in [-0.15, -0.1) is 0 Å². The number of hydrogen-bond acceptors (Lipinski definition) is 5. The lowest BCUT2D eigenvalue weighted by molar-refractivity contribution is 0.0593. The lowest BCUT2D eigenvalue weighted by Gasteiger charge is -2.00. The summed E-state index contributed by atoms with van der Waals surface area (Å²) in [5.41, 5.74) is 0.590. The molecular weight excluding hydrogens is 232 g/mol. The zero-order valence-electron chi connectivity index (χ0n) is 8.94. The summed E-state index contributed by atoms with van der Waals surface area (Å²) in [7, 11) is 1.27. The summed E-state index contributed by atoms with van der Waals surface area (Å²) < 4.78 is 9.53. The minimum atomic E-state index is -0.560. The summed E-state index contributed by atoms with van der Waals surface area (Å²) in [6.07, 6.45) is 3.06. The van der Waals surface area contributed by atoms with E-state index in [1.165, 1.54) is 19.4 Å². The van der Waals surface area contributed by atoms with E-state index in [1.807, 2.05) is 6.92 Å². The van der Waals surface area contributed by atoms with Crippen molar-refractivity contribution in [3.8, 4) is 0 Å². The molecule has 1 aromatic heterocycles. The van der Waals surface area contributed by atoms with Gasteiger partial charge in [0.2, 0.25) is 5.28 Å². The van der Waals surface area contributed by atoms with Crippen molar-refractivity contribution in [2.75, 3.05) is 13.7 Å². The van der Waals surface area contributed by atoms with Gasteiger partial charge in [0.05, 0.1) is 25.7 Å². The Morgan fingerprint density at radius 2 is 2.31 bits per heavy atom. The van der Waals surface area contributed by atoms with Crippen LogP contribution in [0.2, 0.25) is 5.28 Å². The third-order valence-electron chi connectivity index (χ3n) is 1.61. The van der Waals surface area contributed by atoms with Gasteiger partial charge >= 0.3 is 5.97 Å². The number of halogens is 1. The van der Waals surface area contributed by atoms with Crippen molar-refractivity contribution < 1.29 is 14.3 Å². The van der Waals surface area contributed by atoms with Gasteiger partial charge in [0, 0.05) is 0 Å². The topological polar surface area (TPSA) is 61.3 Å². The highest BCUT2D eigenvalue weighted by Crippen LogP contribution is 2.08. The zero-order valence-corrected chi connectivity index (χ0v) is 9.69. The first-order valence-electron chi connectivity index (χ1n) is 4.58. The minimum absolute atomic E-state index is 0.0148. The fraction of sp³-hybridized carbons (Fsp3) is 0.300. The molecular formula is C10H11ClN2O3. The normalized spacial score (nSPS) is 10.4. The molecule has 0 aliphatic heterocycles. The van der Waals surface area contributed by atoms with Crippen LogP contribution in [0, 0.1) is 0 Å². The predicted octanol–water partition coefficient (Wildman–Crippen LogP) is 1.92. The van der Waals surface area contributed by atoms with Crippen LogP contribution in [0.4, 0.5) is 0 Å². The van der Waals surface area contributed by atoms with Crippen LogP contribution < -0.4 is 0 Å². The summed E-state index contributed by atoms with van der Waals surface area (Å²) in [6, 6.07) is 1.47. The first kappa shape index (κ1) is 12.4. The third-order valence-corrected chi connectivity index (χ3v) is 1.78. The Kier molecular flexibility index (Phi) is 4.72. The van der Waals surface area contributed by atoms with E-state index in [-0.39, 0.29) is 11.0 Å². The molecule has 0 aliphatic carbocycles. The van der Waals surface area contributed by atoms with Crippen LogP contribution in [0.3, 0.4) is 0 Å². The van der Waals surface area contributed by atoms with Crippen LogP contribution >= 0.6 is 11.6 Å². The molecule has 0 spiro atoms. The van der Waals surface area contributed by atoms with Gasteiger partial charge in [0.15, 0.2) is 5.69 Å². The van der Waals surface area contributed by atoms with Crippen molar-refractivity contribution in [3.05, 3.63) is 29.0 Å². The molecule has 0 saturated carbocycles. The quantitative estimate of drug-likeness (QED) is 0.459. The molecule has 16 heavy (non-hydrogen) atoms. The number of methoxy groups -OCH3 is 1. The van der Waals surface area contributed by atoms with E-state index in [4.69, 9.17) is 16.3 Å². The van der Waals surface area contributed by atoms with Gasteiger partial charge in [-0.3, -0.25) is 0 Å². The number of carbonyl (C=O) groups excluding carboxylic acids is 1. The van der Waals surface area contributed by atoms with E-state index in [9.17, 15) is 4.79 Å². The Hall–Kier alpha value is -1.62. The van der Waals surface area contributed by atoms with E-state index >= 15 is 0 Å². The summed E-state index contributed by atoms with van der Waals surface area (Å²) in [5, 5.41) is -0.0148. The maximum Gasteiger partial charge on any atom is 0.356 e. The maximum atomic E-state index is 11.2. The van der Waals surface area contributed by atoms with Crippen molar-refractivity contribution in [2.45, 2.75) is 6.92 Å². The Morgan fingerprint density at radius 3 is 2.94 bits per heavy atom. The Balaban J connectivity index is 2.94. The minimum Gasteiger partial charge on any atom is -0.501 e. The summed E-state index contributed by atoms with van der Waals surface area (Å²) in [6.45, 7) is 2.41. The molecule has 0 fully saturated rings. The number of esters is 1. The largest absolute Gasteiger partial charge is 0.501 e. The summed E-state index contributed by atoms with van der Waals surface area (Å²) in [4.78, 5) is 18.9. The summed E-state index contributed by atoms with van der Waals surface area (Å²) >= 11 is 5.66. The molecule has 0 unspecified atom stereocenters. The number of carbonyl (C=O) groups is 1. The molecule has 0 saturated heterocycles. The number of ether oxygens (including phenoxy) is 2. The Bertz CT molecular complexity index is 407. The van der Waals surface area contributed by atoms with Crippen LogP contribution in [0.1, 0.15) is 23.1 Å². The molecule has 0 atom stereocenters. The molecule has 0 aromatic carbocycles. The summed E-state index contributed by atoms with van der Waals surface area (Å²) in [5.74, 6) is -0.560. The highest BCUT2D eigenvalue weighted by atomic mass is 35.5. The molecule has 86 valence electrons. The lowest BCUT2D eigenvalue weighted by atomic mass is 10.3. The van der Waals surface area contributed by atoms with E-state index in [0.29, 0.717) is 12.3 Å². The fourth-order valence-electron chi connectivity index (χ4n) is 0.944. The molecule has 1 rings (SSSR count). The predicted molar refractivity (Wildman–Crippen MR) is 59.0 cm³/mol. The highest BCUT2D eigenvalue weighted by molar-refractivity contribution is 6.28. The highest BCUT2D eigenvalue weighted by Gasteiger charge is 2.09. The van der Waals surface area contributed by atoms with Crippen LogP contribution in [0.5, 0.6) is 0 Å². The lowest BCUT2D eigenvalue weighted by Crippen LogP contribution is -2.05. The fourth-order valence-corrected chi connectivity index (χ4v) is 1.13. The van der Waals surface area contributed by atoms with Crippen LogP contribution in [-0.4, -0.2) is 29.7 Å². The van der Waals surface area contributed by atoms with E-state index in [1.54, 1.807) is 6.08 Å². The van der Waals surface area contributed by atoms with Gasteiger partial charge in [-0.2, -0.15) is 0 Å². The van der Waals surface area contributed by atoms with Gasteiger partial charge in [-0.25, -0.2) is 14.8 Å². The molecule has 0 amide bonds. The Labute approximate surface area is 98.1 Å². The number of nitrogens with zero attached hydrogens (tertiary/aromatic N) is 2. The molecule has 0 bridgehead atoms. The number of aromatic nitrogens is 2. The van der Waals surface area contributed by atoms with Crippen LogP contribution in [0.15, 0.2) is 12.3 Å². The molecule has 0 N–H and O–H groups in total. The number of hydrogen-bond donors (Lipinski definition) is 0. The van der Waals surface area contributed by atoms with E-state index in [2.05, 4.69) is 14.7 Å². The van der Waals surface area contributed by atoms with Gasteiger partial charge in [0.1, 0.15) is 0 Å². The molecule has 6 heteroatoms. The van der Waals surface area contributed by atoms with E-state index < -0.39 is 5.97 Å². The molecule has 5 nitrogen and oxygen atoms in total. The SMILES string of the molecule is CCOC=Cc1cc(C(=O)OC)nc(Cl)n1. The average molecular weight is 243 g/mol. The first-order chi connectivity index (χ1) is 7.67. The maximum absolute atomic E-state index is 11.2. The molecule has 0 radical (unpaired) electrons. The first-order valence-corrected chi connectivity index (χ1v) is 4.96. The van der Waals surface area contributed by atoms with Gasteiger partial charge in [-0.05, 0) is 30.7 Å². The van der Waals surface area contributed by atoms with Crippen molar-refractivity contribution >= 4 is 23.6 Å². The van der Waals surface area contributed by atoms with Crippen molar-refractivity contribution in [1.82, 2.24) is 9.97 Å². The van der Waals surface area contributed by atoms with Crippen molar-refractivity contribution in [1.29, 1.82) is 0 Å². The molecule has 1 heterocycles.